The number of allylic oxidation sites excluding steroid dienone is 1. The van der Waals surface area contributed by atoms with Gasteiger partial charge in [0, 0.05) is 13.0 Å². The number of hydrogen-bond donors (Lipinski definition) is 3. The number of aliphatic hydroxyl groups excluding tert-OH is 2. The van der Waals surface area contributed by atoms with Crippen molar-refractivity contribution in [3.63, 3.8) is 0 Å². The first-order chi connectivity index (χ1) is 10.9. The van der Waals surface area contributed by atoms with Gasteiger partial charge in [-0.1, -0.05) is 13.2 Å². The second-order valence-corrected chi connectivity index (χ2v) is 5.15. The lowest BCUT2D eigenvalue weighted by atomic mass is 10.1. The van der Waals surface area contributed by atoms with Gasteiger partial charge in [-0.2, -0.15) is 0 Å². The predicted molar refractivity (Wildman–Crippen MR) is 85.9 cm³/mol. The minimum atomic E-state index is -0.818. The van der Waals surface area contributed by atoms with Crippen molar-refractivity contribution in [2.75, 3.05) is 26.4 Å². The lowest BCUT2D eigenvalue weighted by Crippen LogP contribution is -2.34. The maximum absolute atomic E-state index is 11.0. The van der Waals surface area contributed by atoms with Crippen LogP contribution in [0.5, 0.6) is 0 Å². The molecule has 0 heterocycles. The Hall–Kier alpha value is -1.54. The summed E-state index contributed by atoms with van der Waals surface area (Å²) in [6.07, 6.45) is 1.10. The van der Waals surface area contributed by atoms with E-state index >= 15 is 0 Å². The number of ether oxygens (including phenoxy) is 2. The van der Waals surface area contributed by atoms with E-state index in [-0.39, 0.29) is 50.6 Å². The number of rotatable bonds is 14. The summed E-state index contributed by atoms with van der Waals surface area (Å²) in [4.78, 5) is 21.9. The van der Waals surface area contributed by atoms with E-state index in [2.05, 4.69) is 18.5 Å². The van der Waals surface area contributed by atoms with Crippen LogP contribution in [0.2, 0.25) is 0 Å². The van der Waals surface area contributed by atoms with Gasteiger partial charge < -0.3 is 25.0 Å². The average Bonchev–Trinajstić information content (AvgIpc) is 2.55. The fourth-order valence-electron chi connectivity index (χ4n) is 1.54. The van der Waals surface area contributed by atoms with Gasteiger partial charge in [-0.05, 0) is 25.5 Å². The highest BCUT2D eigenvalue weighted by Crippen LogP contribution is 2.02. The van der Waals surface area contributed by atoms with Gasteiger partial charge in [-0.15, -0.1) is 0 Å². The molecule has 0 aromatic rings. The molecule has 0 fully saturated rings. The largest absolute Gasteiger partial charge is 0.391 e. The quantitative estimate of drug-likeness (QED) is 0.387. The summed E-state index contributed by atoms with van der Waals surface area (Å²) in [6, 6.07) is 0. The van der Waals surface area contributed by atoms with E-state index < -0.39 is 12.2 Å². The van der Waals surface area contributed by atoms with Crippen molar-refractivity contribution in [1.29, 1.82) is 0 Å². The van der Waals surface area contributed by atoms with Crippen LogP contribution in [0.25, 0.3) is 0 Å². The van der Waals surface area contributed by atoms with Crippen LogP contribution in [-0.4, -0.2) is 66.6 Å². The molecule has 0 rings (SSSR count). The minimum Gasteiger partial charge on any atom is -0.391 e. The Morgan fingerprint density at radius 3 is 2.43 bits per heavy atom. The molecule has 0 aromatic carbocycles. The molecule has 0 spiro atoms. The molecule has 0 aliphatic rings. The van der Waals surface area contributed by atoms with E-state index in [0.717, 1.165) is 6.08 Å². The molecule has 23 heavy (non-hydrogen) atoms. The third-order valence-electron chi connectivity index (χ3n) is 2.88. The molecular formula is C16H27NO6. The van der Waals surface area contributed by atoms with Crippen LogP contribution in [-0.2, 0) is 19.1 Å². The van der Waals surface area contributed by atoms with Crippen LogP contribution >= 0.6 is 0 Å². The molecule has 7 heteroatoms. The maximum atomic E-state index is 11.0. The van der Waals surface area contributed by atoms with Gasteiger partial charge in [-0.25, -0.2) is 0 Å². The standard InChI is InChI=1S/C16H27NO6/c1-4-13(18)6-7-14(19)11-23-12(3)9-22-10-15(20)8-17-16(21)5-2/h4-5,12,14-15,19-20H,1-2,6-11H2,3H3,(H,17,21). The first kappa shape index (κ1) is 21.5. The van der Waals surface area contributed by atoms with Crippen molar-refractivity contribution in [2.24, 2.45) is 0 Å². The summed E-state index contributed by atoms with van der Waals surface area (Å²) < 4.78 is 10.7. The molecule has 0 bridgehead atoms. The Morgan fingerprint density at radius 1 is 1.13 bits per heavy atom. The van der Waals surface area contributed by atoms with Gasteiger partial charge >= 0.3 is 0 Å². The summed E-state index contributed by atoms with van der Waals surface area (Å²) in [5.74, 6) is -0.470. The molecule has 3 unspecified atom stereocenters. The van der Waals surface area contributed by atoms with Gasteiger partial charge in [-0.3, -0.25) is 9.59 Å². The Balaban J connectivity index is 3.68. The Bertz CT molecular complexity index is 385. The van der Waals surface area contributed by atoms with Gasteiger partial charge in [0.15, 0.2) is 5.78 Å². The summed E-state index contributed by atoms with van der Waals surface area (Å²) in [5, 5.41) is 21.7. The fraction of sp³-hybridized carbons (Fsp3) is 0.625. The van der Waals surface area contributed by atoms with Gasteiger partial charge in [0.2, 0.25) is 5.91 Å². The first-order valence-corrected chi connectivity index (χ1v) is 7.50. The number of carbonyl (C=O) groups is 2. The molecule has 0 aliphatic heterocycles. The monoisotopic (exact) mass is 329 g/mol. The second kappa shape index (κ2) is 13.0. The molecule has 3 atom stereocenters. The van der Waals surface area contributed by atoms with Crippen LogP contribution in [0, 0.1) is 0 Å². The normalized spacial score (nSPS) is 14.6. The molecule has 0 radical (unpaired) electrons. The summed E-state index contributed by atoms with van der Waals surface area (Å²) in [5.41, 5.74) is 0. The molecule has 1 amide bonds. The van der Waals surface area contributed by atoms with Gasteiger partial charge in [0.25, 0.3) is 0 Å². The summed E-state index contributed by atoms with van der Waals surface area (Å²) in [7, 11) is 0. The number of hydrogen-bond acceptors (Lipinski definition) is 6. The molecular weight excluding hydrogens is 302 g/mol. The Labute approximate surface area is 137 Å². The van der Waals surface area contributed by atoms with Crippen LogP contribution in [0.15, 0.2) is 25.3 Å². The zero-order valence-corrected chi connectivity index (χ0v) is 13.6. The van der Waals surface area contributed by atoms with Crippen LogP contribution in [0.4, 0.5) is 0 Å². The van der Waals surface area contributed by atoms with Crippen molar-refractivity contribution in [1.82, 2.24) is 5.32 Å². The third kappa shape index (κ3) is 12.7. The first-order valence-electron chi connectivity index (χ1n) is 7.50. The molecule has 3 N–H and O–H groups in total. The SMILES string of the molecule is C=CC(=O)CCC(O)COC(C)COCC(O)CNC(=O)C=C. The zero-order chi connectivity index (χ0) is 17.7. The highest BCUT2D eigenvalue weighted by Gasteiger charge is 2.11. The average molecular weight is 329 g/mol. The number of amides is 1. The summed E-state index contributed by atoms with van der Waals surface area (Å²) in [6.45, 7) is 8.91. The lowest BCUT2D eigenvalue weighted by Gasteiger charge is -2.17. The fourth-order valence-corrected chi connectivity index (χ4v) is 1.54. The zero-order valence-electron chi connectivity index (χ0n) is 13.6. The van der Waals surface area contributed by atoms with Gasteiger partial charge in [0.1, 0.15) is 0 Å². The predicted octanol–water partition coefficient (Wildman–Crippen LogP) is -0.0326. The lowest BCUT2D eigenvalue weighted by molar-refractivity contribution is -0.117. The van der Waals surface area contributed by atoms with E-state index in [1.807, 2.05) is 0 Å². The smallest absolute Gasteiger partial charge is 0.243 e. The van der Waals surface area contributed by atoms with Crippen molar-refractivity contribution < 1.29 is 29.3 Å². The van der Waals surface area contributed by atoms with E-state index in [0.29, 0.717) is 6.42 Å². The van der Waals surface area contributed by atoms with Crippen LogP contribution < -0.4 is 5.32 Å². The number of carbonyl (C=O) groups excluding carboxylic acids is 2. The molecule has 0 aromatic heterocycles. The van der Waals surface area contributed by atoms with E-state index in [1.165, 1.54) is 6.08 Å². The second-order valence-electron chi connectivity index (χ2n) is 5.15. The Morgan fingerprint density at radius 2 is 1.83 bits per heavy atom. The number of nitrogens with one attached hydrogen (secondary N) is 1. The maximum Gasteiger partial charge on any atom is 0.243 e. The van der Waals surface area contributed by atoms with E-state index in [4.69, 9.17) is 9.47 Å². The van der Waals surface area contributed by atoms with Crippen molar-refractivity contribution >= 4 is 11.7 Å². The Kier molecular flexibility index (Phi) is 12.1. The van der Waals surface area contributed by atoms with Crippen molar-refractivity contribution in [3.05, 3.63) is 25.3 Å². The third-order valence-corrected chi connectivity index (χ3v) is 2.88. The van der Waals surface area contributed by atoms with Gasteiger partial charge in [0.05, 0.1) is 38.1 Å². The highest BCUT2D eigenvalue weighted by molar-refractivity contribution is 5.89. The number of ketones is 1. The van der Waals surface area contributed by atoms with Crippen LogP contribution in [0.3, 0.4) is 0 Å². The molecule has 132 valence electrons. The van der Waals surface area contributed by atoms with E-state index in [1.54, 1.807) is 6.92 Å². The molecule has 0 saturated carbocycles. The molecule has 0 saturated heterocycles. The van der Waals surface area contributed by atoms with Crippen LogP contribution in [0.1, 0.15) is 19.8 Å². The molecule has 0 aliphatic carbocycles. The summed E-state index contributed by atoms with van der Waals surface area (Å²) >= 11 is 0. The topological polar surface area (TPSA) is 105 Å². The minimum absolute atomic E-state index is 0.0571. The molecule has 7 nitrogen and oxygen atoms in total. The van der Waals surface area contributed by atoms with E-state index in [9.17, 15) is 19.8 Å². The number of aliphatic hydroxyl groups is 2. The van der Waals surface area contributed by atoms with Crippen molar-refractivity contribution in [3.8, 4) is 0 Å². The van der Waals surface area contributed by atoms with Crippen molar-refractivity contribution in [2.45, 2.75) is 38.1 Å². The highest BCUT2D eigenvalue weighted by atomic mass is 16.5.